The van der Waals surface area contributed by atoms with Crippen molar-refractivity contribution in [1.82, 2.24) is 10.3 Å². The predicted octanol–water partition coefficient (Wildman–Crippen LogP) is 2.35. The van der Waals surface area contributed by atoms with Crippen molar-refractivity contribution in [3.8, 4) is 11.6 Å². The van der Waals surface area contributed by atoms with Gasteiger partial charge in [0.2, 0.25) is 5.88 Å². The van der Waals surface area contributed by atoms with Crippen molar-refractivity contribution in [3.63, 3.8) is 0 Å². The molecule has 1 N–H and O–H groups in total. The zero-order valence-electron chi connectivity index (χ0n) is 10.6. The summed E-state index contributed by atoms with van der Waals surface area (Å²) in [5.74, 6) is 1.36. The molecule has 0 saturated heterocycles. The molecule has 16 heavy (non-hydrogen) atoms. The highest BCUT2D eigenvalue weighted by Gasteiger charge is 1.95. The van der Waals surface area contributed by atoms with E-state index in [0.717, 1.165) is 12.3 Å². The topological polar surface area (TPSA) is 43.4 Å². The highest BCUT2D eigenvalue weighted by Crippen LogP contribution is 2.12. The van der Waals surface area contributed by atoms with Gasteiger partial charge in [-0.3, -0.25) is 0 Å². The van der Waals surface area contributed by atoms with Crippen LogP contribution in [0, 0.1) is 0 Å². The lowest BCUT2D eigenvalue weighted by atomic mass is 10.4. The van der Waals surface area contributed by atoms with Gasteiger partial charge in [0.25, 0.3) is 0 Å². The van der Waals surface area contributed by atoms with Crippen molar-refractivity contribution < 1.29 is 10.9 Å². The fraction of sp³-hybridized carbons (Fsp3) is 0.583. The molecule has 0 saturated carbocycles. The van der Waals surface area contributed by atoms with Gasteiger partial charge >= 0.3 is 0 Å². The third kappa shape index (κ3) is 7.06. The Morgan fingerprint density at radius 3 is 2.50 bits per heavy atom. The third-order valence-electron chi connectivity index (χ3n) is 1.55. The Balaban J connectivity index is 0. The Labute approximate surface area is 99.5 Å². The van der Waals surface area contributed by atoms with Crippen LogP contribution in [0.5, 0.6) is 11.6 Å². The van der Waals surface area contributed by atoms with E-state index in [1.807, 2.05) is 13.1 Å². The predicted molar refractivity (Wildman–Crippen MR) is 68.3 cm³/mol. The van der Waals surface area contributed by atoms with Crippen LogP contribution in [0.1, 0.15) is 21.7 Å². The summed E-state index contributed by atoms with van der Waals surface area (Å²) in [6.45, 7) is 5.68. The van der Waals surface area contributed by atoms with Crippen LogP contribution in [0.3, 0.4) is 0 Å². The normalized spacial score (nSPS) is 9.00. The molecule has 0 aliphatic carbocycles. The number of ether oxygens (including phenoxy) is 2. The van der Waals surface area contributed by atoms with E-state index >= 15 is 0 Å². The summed E-state index contributed by atoms with van der Waals surface area (Å²) < 4.78 is 10.3. The molecule has 4 heteroatoms. The molecule has 0 aliphatic heterocycles. The van der Waals surface area contributed by atoms with Crippen LogP contribution in [0.15, 0.2) is 18.3 Å². The summed E-state index contributed by atoms with van der Waals surface area (Å²) >= 11 is 0. The van der Waals surface area contributed by atoms with E-state index in [1.54, 1.807) is 19.4 Å². The van der Waals surface area contributed by atoms with Gasteiger partial charge in [-0.25, -0.2) is 4.98 Å². The summed E-state index contributed by atoms with van der Waals surface area (Å²) in [6, 6.07) is 3.61. The third-order valence-corrected chi connectivity index (χ3v) is 1.55. The van der Waals surface area contributed by atoms with Gasteiger partial charge in [0.15, 0.2) is 0 Å². The summed E-state index contributed by atoms with van der Waals surface area (Å²) in [7, 11) is 3.49. The molecule has 0 fully saturated rings. The Hall–Kier alpha value is -1.29. The van der Waals surface area contributed by atoms with E-state index < -0.39 is 0 Å². The quantitative estimate of drug-likeness (QED) is 0.786. The second kappa shape index (κ2) is 10.2. The van der Waals surface area contributed by atoms with E-state index in [-0.39, 0.29) is 1.43 Å². The van der Waals surface area contributed by atoms with Gasteiger partial charge in [-0.05, 0) is 13.1 Å². The number of likely N-dealkylation sites (N-methyl/N-ethyl adjacent to an activating group) is 1. The number of methoxy groups -OCH3 is 1. The highest BCUT2D eigenvalue weighted by molar-refractivity contribution is 5.22. The van der Waals surface area contributed by atoms with E-state index in [9.17, 15) is 0 Å². The van der Waals surface area contributed by atoms with Crippen LogP contribution in [0.4, 0.5) is 0 Å². The minimum Gasteiger partial charge on any atom is -0.495 e. The number of aromatic nitrogens is 1. The number of hydrogen-bond donors (Lipinski definition) is 1. The molecule has 1 aromatic rings. The molecular formula is C12H24N2O2. The zero-order valence-corrected chi connectivity index (χ0v) is 10.6. The molecule has 0 radical (unpaired) electrons. The van der Waals surface area contributed by atoms with Crippen molar-refractivity contribution in [3.05, 3.63) is 18.3 Å². The number of nitrogens with one attached hydrogen (secondary N) is 1. The first-order chi connectivity index (χ1) is 7.78. The molecule has 0 aliphatic rings. The zero-order chi connectivity index (χ0) is 12.2. The van der Waals surface area contributed by atoms with Crippen LogP contribution >= 0.6 is 0 Å². The Kier molecular flexibility index (Phi) is 9.41. The Morgan fingerprint density at radius 1 is 1.38 bits per heavy atom. The van der Waals surface area contributed by atoms with Gasteiger partial charge in [-0.15, -0.1) is 0 Å². The first kappa shape index (κ1) is 14.7. The van der Waals surface area contributed by atoms with Crippen LogP contribution in [-0.4, -0.2) is 32.3 Å². The van der Waals surface area contributed by atoms with Crippen molar-refractivity contribution in [2.24, 2.45) is 0 Å². The maximum absolute atomic E-state index is 5.32. The first-order valence-corrected chi connectivity index (χ1v) is 5.55. The minimum atomic E-state index is 0. The lowest BCUT2D eigenvalue weighted by Crippen LogP contribution is -2.16. The summed E-state index contributed by atoms with van der Waals surface area (Å²) in [6.07, 6.45) is 2.88. The molecule has 0 bridgehead atoms. The summed E-state index contributed by atoms with van der Waals surface area (Å²) in [5.41, 5.74) is 0. The second-order valence-corrected chi connectivity index (χ2v) is 3.20. The molecular weight excluding hydrogens is 204 g/mol. The lowest BCUT2D eigenvalue weighted by Gasteiger charge is -2.04. The van der Waals surface area contributed by atoms with Crippen LogP contribution < -0.4 is 14.8 Å². The van der Waals surface area contributed by atoms with Gasteiger partial charge in [-0.2, -0.15) is 0 Å². The second-order valence-electron chi connectivity index (χ2n) is 3.20. The number of hydrogen-bond acceptors (Lipinski definition) is 4. The van der Waals surface area contributed by atoms with E-state index in [4.69, 9.17) is 9.47 Å². The van der Waals surface area contributed by atoms with Crippen molar-refractivity contribution >= 4 is 0 Å². The monoisotopic (exact) mass is 228 g/mol. The SMILES string of the molecule is CCC.CNCCOc1ccc(OC)cn1.[HH]. The highest BCUT2D eigenvalue weighted by atomic mass is 16.5. The van der Waals surface area contributed by atoms with Gasteiger partial charge in [0.1, 0.15) is 12.4 Å². The average molecular weight is 228 g/mol. The minimum absolute atomic E-state index is 0. The molecule has 0 atom stereocenters. The van der Waals surface area contributed by atoms with Crippen LogP contribution in [-0.2, 0) is 0 Å². The number of pyridine rings is 1. The van der Waals surface area contributed by atoms with Crippen molar-refractivity contribution in [2.75, 3.05) is 27.3 Å². The maximum Gasteiger partial charge on any atom is 0.213 e. The van der Waals surface area contributed by atoms with Gasteiger partial charge in [0.05, 0.1) is 13.3 Å². The summed E-state index contributed by atoms with van der Waals surface area (Å²) in [4.78, 5) is 4.05. The molecule has 1 heterocycles. The molecule has 0 aromatic carbocycles. The molecule has 4 nitrogen and oxygen atoms in total. The molecule has 0 amide bonds. The first-order valence-electron chi connectivity index (χ1n) is 5.55. The smallest absolute Gasteiger partial charge is 0.213 e. The maximum atomic E-state index is 5.32. The molecule has 94 valence electrons. The van der Waals surface area contributed by atoms with E-state index in [0.29, 0.717) is 12.5 Å². The molecule has 0 unspecified atom stereocenters. The van der Waals surface area contributed by atoms with Gasteiger partial charge in [0, 0.05) is 14.0 Å². The van der Waals surface area contributed by atoms with Crippen molar-refractivity contribution in [1.29, 1.82) is 0 Å². The largest absolute Gasteiger partial charge is 0.495 e. The van der Waals surface area contributed by atoms with E-state index in [1.165, 1.54) is 6.42 Å². The van der Waals surface area contributed by atoms with Gasteiger partial charge < -0.3 is 14.8 Å². The van der Waals surface area contributed by atoms with Crippen LogP contribution in [0.25, 0.3) is 0 Å². The molecule has 0 spiro atoms. The number of nitrogens with zero attached hydrogens (tertiary/aromatic N) is 1. The van der Waals surface area contributed by atoms with Crippen LogP contribution in [0.2, 0.25) is 0 Å². The lowest BCUT2D eigenvalue weighted by molar-refractivity contribution is 0.305. The van der Waals surface area contributed by atoms with Gasteiger partial charge in [-0.1, -0.05) is 20.3 Å². The Bertz CT molecular complexity index is 255. The number of rotatable bonds is 5. The average Bonchev–Trinajstić information content (AvgIpc) is 2.31. The fourth-order valence-corrected chi connectivity index (χ4v) is 0.831. The van der Waals surface area contributed by atoms with E-state index in [2.05, 4.69) is 24.1 Å². The fourth-order valence-electron chi connectivity index (χ4n) is 0.831. The Morgan fingerprint density at radius 2 is 2.06 bits per heavy atom. The summed E-state index contributed by atoms with van der Waals surface area (Å²) in [5, 5.41) is 2.98. The van der Waals surface area contributed by atoms with Crippen molar-refractivity contribution in [2.45, 2.75) is 20.3 Å². The molecule has 1 rings (SSSR count). The standard InChI is InChI=1S/C9H14N2O2.C3H8.H2/c1-10-5-6-13-9-4-3-8(12-2)7-11-9;1-3-2;/h3-4,7,10H,5-6H2,1-2H3;3H2,1-2H3;1H. The molecule has 1 aromatic heterocycles.